The normalized spacial score (nSPS) is 17.3. The SMILES string of the molecule is COc1ccc(C2CCCCCN2C(=O)CCCc2c[nH]c3ccccc23)cc1. The maximum atomic E-state index is 13.1. The van der Waals surface area contributed by atoms with Crippen LogP contribution in [-0.2, 0) is 11.2 Å². The number of rotatable bonds is 6. The van der Waals surface area contributed by atoms with E-state index >= 15 is 0 Å². The summed E-state index contributed by atoms with van der Waals surface area (Å²) < 4.78 is 5.29. The number of H-pyrrole nitrogens is 1. The Morgan fingerprint density at radius 1 is 1.10 bits per heavy atom. The molecule has 3 aromatic rings. The van der Waals surface area contributed by atoms with Gasteiger partial charge in [0.15, 0.2) is 0 Å². The number of fused-ring (bicyclic) bond motifs is 1. The summed E-state index contributed by atoms with van der Waals surface area (Å²) in [6.07, 6.45) is 9.01. The van der Waals surface area contributed by atoms with Gasteiger partial charge in [-0.05, 0) is 55.0 Å². The summed E-state index contributed by atoms with van der Waals surface area (Å²) in [5, 5.41) is 1.27. The zero-order chi connectivity index (χ0) is 20.1. The Balaban J connectivity index is 1.41. The molecule has 0 radical (unpaired) electrons. The van der Waals surface area contributed by atoms with Crippen LogP contribution in [0.25, 0.3) is 10.9 Å². The smallest absolute Gasteiger partial charge is 0.223 e. The molecule has 0 bridgehead atoms. The molecule has 4 rings (SSSR count). The van der Waals surface area contributed by atoms with Crippen LogP contribution in [-0.4, -0.2) is 29.4 Å². The molecule has 1 aromatic heterocycles. The van der Waals surface area contributed by atoms with Crippen LogP contribution in [0.5, 0.6) is 5.75 Å². The number of aryl methyl sites for hydroxylation is 1. The molecule has 1 saturated heterocycles. The molecule has 0 spiro atoms. The summed E-state index contributed by atoms with van der Waals surface area (Å²) in [6, 6.07) is 16.8. The number of nitrogens with one attached hydrogen (secondary N) is 1. The van der Waals surface area contributed by atoms with Crippen molar-refractivity contribution in [3.8, 4) is 5.75 Å². The van der Waals surface area contributed by atoms with Gasteiger partial charge in [0.2, 0.25) is 5.91 Å². The first-order valence-corrected chi connectivity index (χ1v) is 10.7. The maximum Gasteiger partial charge on any atom is 0.223 e. The zero-order valence-corrected chi connectivity index (χ0v) is 17.2. The van der Waals surface area contributed by atoms with Gasteiger partial charge in [-0.2, -0.15) is 0 Å². The quantitative estimate of drug-likeness (QED) is 0.592. The first kappa shape index (κ1) is 19.6. The van der Waals surface area contributed by atoms with E-state index in [1.165, 1.54) is 34.9 Å². The Morgan fingerprint density at radius 3 is 2.76 bits per heavy atom. The summed E-state index contributed by atoms with van der Waals surface area (Å²) in [6.45, 7) is 0.864. The van der Waals surface area contributed by atoms with Crippen LogP contribution in [0.15, 0.2) is 54.7 Å². The zero-order valence-electron chi connectivity index (χ0n) is 17.2. The lowest BCUT2D eigenvalue weighted by Gasteiger charge is -2.31. The van der Waals surface area contributed by atoms with Crippen LogP contribution >= 0.6 is 0 Å². The van der Waals surface area contributed by atoms with Gasteiger partial charge in [-0.3, -0.25) is 4.79 Å². The number of amides is 1. The molecule has 2 aromatic carbocycles. The number of methoxy groups -OCH3 is 1. The van der Waals surface area contributed by atoms with E-state index in [2.05, 4.69) is 46.4 Å². The number of hydrogen-bond donors (Lipinski definition) is 1. The lowest BCUT2D eigenvalue weighted by Crippen LogP contribution is -2.34. The second kappa shape index (κ2) is 9.17. The molecule has 0 saturated carbocycles. The number of benzene rings is 2. The molecule has 2 heterocycles. The monoisotopic (exact) mass is 390 g/mol. The molecule has 1 fully saturated rings. The van der Waals surface area contributed by atoms with Crippen molar-refractivity contribution in [3.63, 3.8) is 0 Å². The molecule has 1 aliphatic rings. The van der Waals surface area contributed by atoms with Crippen molar-refractivity contribution in [2.45, 2.75) is 51.0 Å². The molecule has 1 unspecified atom stereocenters. The highest BCUT2D eigenvalue weighted by Crippen LogP contribution is 2.32. The van der Waals surface area contributed by atoms with Crippen molar-refractivity contribution in [2.75, 3.05) is 13.7 Å². The van der Waals surface area contributed by atoms with E-state index in [1.54, 1.807) is 7.11 Å². The third-order valence-corrected chi connectivity index (χ3v) is 6.09. The molecule has 1 N–H and O–H groups in total. The third kappa shape index (κ3) is 4.47. The van der Waals surface area contributed by atoms with E-state index < -0.39 is 0 Å². The molecular weight excluding hydrogens is 360 g/mol. The lowest BCUT2D eigenvalue weighted by atomic mass is 10.00. The van der Waals surface area contributed by atoms with Gasteiger partial charge in [-0.25, -0.2) is 0 Å². The minimum absolute atomic E-state index is 0.184. The number of hydrogen-bond acceptors (Lipinski definition) is 2. The van der Waals surface area contributed by atoms with Gasteiger partial charge in [0.05, 0.1) is 13.2 Å². The van der Waals surface area contributed by atoms with Crippen molar-refractivity contribution in [2.24, 2.45) is 0 Å². The summed E-state index contributed by atoms with van der Waals surface area (Å²) in [4.78, 5) is 18.6. The number of carbonyl (C=O) groups is 1. The van der Waals surface area contributed by atoms with Gasteiger partial charge >= 0.3 is 0 Å². The van der Waals surface area contributed by atoms with Crippen LogP contribution in [0.3, 0.4) is 0 Å². The van der Waals surface area contributed by atoms with Crippen LogP contribution < -0.4 is 4.74 Å². The van der Waals surface area contributed by atoms with Gasteiger partial charge in [0.25, 0.3) is 0 Å². The second-order valence-corrected chi connectivity index (χ2v) is 7.94. The molecule has 1 amide bonds. The predicted octanol–water partition coefficient (Wildman–Crippen LogP) is 5.64. The number of aromatic nitrogens is 1. The Kier molecular flexibility index (Phi) is 6.18. The van der Waals surface area contributed by atoms with E-state index in [0.717, 1.165) is 38.0 Å². The Morgan fingerprint density at radius 2 is 1.93 bits per heavy atom. The van der Waals surface area contributed by atoms with Crippen molar-refractivity contribution in [3.05, 3.63) is 65.9 Å². The number of ether oxygens (including phenoxy) is 1. The molecule has 1 atom stereocenters. The van der Waals surface area contributed by atoms with Crippen LogP contribution in [0.2, 0.25) is 0 Å². The molecule has 29 heavy (non-hydrogen) atoms. The van der Waals surface area contributed by atoms with E-state index in [0.29, 0.717) is 6.42 Å². The minimum atomic E-state index is 0.184. The van der Waals surface area contributed by atoms with E-state index in [9.17, 15) is 4.79 Å². The topological polar surface area (TPSA) is 45.3 Å². The standard InChI is InChI=1S/C25H30N2O2/c1-29-21-15-13-19(14-16-21)24-11-3-2-6-17-27(24)25(28)12-7-8-20-18-26-23-10-5-4-9-22(20)23/h4-5,9-10,13-16,18,24,26H,2-3,6-8,11-12,17H2,1H3. The average Bonchev–Trinajstić information content (AvgIpc) is 3.01. The first-order chi connectivity index (χ1) is 14.3. The van der Waals surface area contributed by atoms with Gasteiger partial charge in [-0.1, -0.05) is 43.2 Å². The molecule has 1 aliphatic heterocycles. The minimum Gasteiger partial charge on any atom is -0.497 e. The molecule has 4 nitrogen and oxygen atoms in total. The lowest BCUT2D eigenvalue weighted by molar-refractivity contribution is -0.133. The van der Waals surface area contributed by atoms with Crippen LogP contribution in [0, 0.1) is 0 Å². The Bertz CT molecular complexity index is 945. The molecule has 152 valence electrons. The summed E-state index contributed by atoms with van der Waals surface area (Å²) in [5.41, 5.74) is 3.69. The number of carbonyl (C=O) groups excluding carboxylic acids is 1. The van der Waals surface area contributed by atoms with E-state index in [4.69, 9.17) is 4.74 Å². The molecule has 4 heteroatoms. The van der Waals surface area contributed by atoms with Crippen LogP contribution in [0.1, 0.15) is 55.7 Å². The van der Waals surface area contributed by atoms with Gasteiger partial charge in [0.1, 0.15) is 5.75 Å². The molecular formula is C25H30N2O2. The predicted molar refractivity (Wildman–Crippen MR) is 117 cm³/mol. The Hall–Kier alpha value is -2.75. The van der Waals surface area contributed by atoms with Gasteiger partial charge in [0, 0.05) is 30.1 Å². The first-order valence-electron chi connectivity index (χ1n) is 10.7. The largest absolute Gasteiger partial charge is 0.497 e. The molecule has 0 aliphatic carbocycles. The second-order valence-electron chi connectivity index (χ2n) is 7.94. The van der Waals surface area contributed by atoms with Crippen LogP contribution in [0.4, 0.5) is 0 Å². The summed E-state index contributed by atoms with van der Waals surface area (Å²) >= 11 is 0. The van der Waals surface area contributed by atoms with Gasteiger partial charge in [-0.15, -0.1) is 0 Å². The fourth-order valence-corrected chi connectivity index (χ4v) is 4.49. The number of likely N-dealkylation sites (tertiary alicyclic amines) is 1. The van der Waals surface area contributed by atoms with Crippen molar-refractivity contribution in [1.29, 1.82) is 0 Å². The highest BCUT2D eigenvalue weighted by atomic mass is 16.5. The summed E-state index contributed by atoms with van der Waals surface area (Å²) in [5.74, 6) is 1.14. The van der Waals surface area contributed by atoms with Crippen molar-refractivity contribution >= 4 is 16.8 Å². The Labute approximate surface area is 172 Å². The number of para-hydroxylation sites is 1. The van der Waals surface area contributed by atoms with Crippen molar-refractivity contribution < 1.29 is 9.53 Å². The average molecular weight is 391 g/mol. The fourth-order valence-electron chi connectivity index (χ4n) is 4.49. The van der Waals surface area contributed by atoms with Crippen molar-refractivity contribution in [1.82, 2.24) is 9.88 Å². The van der Waals surface area contributed by atoms with Gasteiger partial charge < -0.3 is 14.6 Å². The van der Waals surface area contributed by atoms with E-state index in [1.807, 2.05) is 18.2 Å². The number of aromatic amines is 1. The highest BCUT2D eigenvalue weighted by molar-refractivity contribution is 5.83. The highest BCUT2D eigenvalue weighted by Gasteiger charge is 2.26. The fraction of sp³-hybridized carbons (Fsp3) is 0.400. The maximum absolute atomic E-state index is 13.1. The van der Waals surface area contributed by atoms with E-state index in [-0.39, 0.29) is 11.9 Å². The summed E-state index contributed by atoms with van der Waals surface area (Å²) in [7, 11) is 1.68. The number of nitrogens with zero attached hydrogens (tertiary/aromatic N) is 1. The third-order valence-electron chi connectivity index (χ3n) is 6.09.